The molecule has 2 fully saturated rings. The molecule has 0 bridgehead atoms. The number of nitrogens with zero attached hydrogens (tertiary/aromatic N) is 1. The topological polar surface area (TPSA) is 49.4 Å². The third-order valence-corrected chi connectivity index (χ3v) is 7.36. The first kappa shape index (κ1) is 20.0. The minimum atomic E-state index is -0.0360. The van der Waals surface area contributed by atoms with Crippen molar-refractivity contribution in [2.24, 2.45) is 5.92 Å². The van der Waals surface area contributed by atoms with Crippen LogP contribution in [-0.4, -0.2) is 17.6 Å². The molecule has 0 unspecified atom stereocenters. The number of carbonyl (C=O) groups is 2. The summed E-state index contributed by atoms with van der Waals surface area (Å²) in [6, 6.07) is 14.1. The minimum absolute atomic E-state index is 0.0360. The van der Waals surface area contributed by atoms with E-state index in [1.54, 1.807) is 11.8 Å². The molecule has 1 aliphatic heterocycles. The Morgan fingerprint density at radius 2 is 1.76 bits per heavy atom. The molecule has 1 aliphatic carbocycles. The van der Waals surface area contributed by atoms with Crippen molar-refractivity contribution < 1.29 is 9.59 Å². The van der Waals surface area contributed by atoms with E-state index in [-0.39, 0.29) is 23.1 Å². The summed E-state index contributed by atoms with van der Waals surface area (Å²) in [5, 5.41) is 3.04. The van der Waals surface area contributed by atoms with Crippen LogP contribution in [0, 0.1) is 19.8 Å². The van der Waals surface area contributed by atoms with E-state index in [1.807, 2.05) is 41.3 Å². The van der Waals surface area contributed by atoms with Gasteiger partial charge in [0.25, 0.3) is 0 Å². The quantitative estimate of drug-likeness (QED) is 0.716. The maximum atomic E-state index is 12.7. The van der Waals surface area contributed by atoms with E-state index < -0.39 is 0 Å². The molecule has 152 valence electrons. The summed E-state index contributed by atoms with van der Waals surface area (Å²) >= 11 is 1.65. The first-order chi connectivity index (χ1) is 14.0. The van der Waals surface area contributed by atoms with Gasteiger partial charge in [0.2, 0.25) is 11.8 Å². The van der Waals surface area contributed by atoms with Crippen molar-refractivity contribution in [1.29, 1.82) is 0 Å². The average molecular weight is 409 g/mol. The van der Waals surface area contributed by atoms with Gasteiger partial charge < -0.3 is 5.32 Å². The number of hydrogen-bond donors (Lipinski definition) is 1. The lowest BCUT2D eigenvalue weighted by atomic mass is 9.88. The summed E-state index contributed by atoms with van der Waals surface area (Å²) in [6.07, 6.45) is 5.54. The molecule has 1 saturated heterocycles. The number of thioether (sulfide) groups is 1. The first-order valence-corrected chi connectivity index (χ1v) is 11.5. The van der Waals surface area contributed by atoms with E-state index >= 15 is 0 Å². The van der Waals surface area contributed by atoms with Gasteiger partial charge in [0, 0.05) is 17.3 Å². The molecule has 1 atom stereocenters. The Labute approximate surface area is 177 Å². The Morgan fingerprint density at radius 3 is 2.48 bits per heavy atom. The largest absolute Gasteiger partial charge is 0.326 e. The van der Waals surface area contributed by atoms with Gasteiger partial charge in [0.1, 0.15) is 5.37 Å². The second-order valence-electron chi connectivity index (χ2n) is 8.09. The fourth-order valence-corrected chi connectivity index (χ4v) is 5.44. The molecule has 1 saturated carbocycles. The number of carbonyl (C=O) groups excluding carboxylic acids is 2. The second kappa shape index (κ2) is 8.62. The minimum Gasteiger partial charge on any atom is -0.326 e. The van der Waals surface area contributed by atoms with Gasteiger partial charge in [-0.25, -0.2) is 0 Å². The summed E-state index contributed by atoms with van der Waals surface area (Å²) in [5.41, 5.74) is 5.23. The molecule has 2 aromatic carbocycles. The van der Waals surface area contributed by atoms with Crippen LogP contribution in [0.5, 0.6) is 0 Å². The van der Waals surface area contributed by atoms with Gasteiger partial charge in [-0.15, -0.1) is 11.8 Å². The first-order valence-electron chi connectivity index (χ1n) is 10.5. The van der Waals surface area contributed by atoms with Gasteiger partial charge >= 0.3 is 0 Å². The van der Waals surface area contributed by atoms with Gasteiger partial charge in [0.05, 0.1) is 5.75 Å². The Bertz CT molecular complexity index is 904. The second-order valence-corrected chi connectivity index (χ2v) is 9.16. The van der Waals surface area contributed by atoms with Gasteiger partial charge in [0.15, 0.2) is 0 Å². The number of anilines is 2. The molecule has 5 heteroatoms. The third-order valence-electron chi connectivity index (χ3n) is 6.14. The van der Waals surface area contributed by atoms with Crippen molar-refractivity contribution >= 4 is 35.0 Å². The van der Waals surface area contributed by atoms with Crippen molar-refractivity contribution in [3.8, 4) is 0 Å². The zero-order valence-electron chi connectivity index (χ0n) is 17.1. The number of amides is 2. The van der Waals surface area contributed by atoms with Gasteiger partial charge in [-0.2, -0.15) is 0 Å². The van der Waals surface area contributed by atoms with E-state index in [1.165, 1.54) is 12.0 Å². The smallest absolute Gasteiger partial charge is 0.238 e. The van der Waals surface area contributed by atoms with Crippen LogP contribution in [0.3, 0.4) is 0 Å². The lowest BCUT2D eigenvalue weighted by Crippen LogP contribution is -2.28. The molecule has 2 aromatic rings. The highest BCUT2D eigenvalue weighted by Gasteiger charge is 2.35. The molecule has 0 spiro atoms. The molecular weight excluding hydrogens is 380 g/mol. The molecule has 29 heavy (non-hydrogen) atoms. The van der Waals surface area contributed by atoms with Gasteiger partial charge in [-0.1, -0.05) is 43.5 Å². The predicted molar refractivity (Wildman–Crippen MR) is 120 cm³/mol. The van der Waals surface area contributed by atoms with Crippen LogP contribution in [0.25, 0.3) is 0 Å². The highest BCUT2D eigenvalue weighted by molar-refractivity contribution is 8.00. The summed E-state index contributed by atoms with van der Waals surface area (Å²) in [6.45, 7) is 4.15. The molecule has 0 aromatic heterocycles. The number of hydrogen-bond acceptors (Lipinski definition) is 3. The van der Waals surface area contributed by atoms with E-state index in [9.17, 15) is 9.59 Å². The molecule has 1 heterocycles. The zero-order chi connectivity index (χ0) is 20.4. The molecule has 1 N–H and O–H groups in total. The van der Waals surface area contributed by atoms with Crippen LogP contribution in [0.15, 0.2) is 42.5 Å². The normalized spacial score (nSPS) is 20.1. The molecular formula is C24H28N2O2S. The monoisotopic (exact) mass is 408 g/mol. The maximum absolute atomic E-state index is 12.7. The number of benzene rings is 2. The molecule has 4 nitrogen and oxygen atoms in total. The third kappa shape index (κ3) is 4.20. The van der Waals surface area contributed by atoms with E-state index in [2.05, 4.69) is 25.2 Å². The van der Waals surface area contributed by atoms with Crippen LogP contribution in [0.1, 0.15) is 54.2 Å². The fourth-order valence-electron chi connectivity index (χ4n) is 4.27. The Balaban J connectivity index is 1.51. The lowest BCUT2D eigenvalue weighted by molar-refractivity contribution is -0.120. The zero-order valence-corrected chi connectivity index (χ0v) is 17.9. The van der Waals surface area contributed by atoms with Crippen LogP contribution in [0.4, 0.5) is 11.4 Å². The van der Waals surface area contributed by atoms with Crippen molar-refractivity contribution in [3.63, 3.8) is 0 Å². The van der Waals surface area contributed by atoms with Crippen molar-refractivity contribution in [1.82, 2.24) is 0 Å². The summed E-state index contributed by atoms with van der Waals surface area (Å²) in [5.74, 6) is 0.910. The summed E-state index contributed by atoms with van der Waals surface area (Å²) in [7, 11) is 0. The van der Waals surface area contributed by atoms with Crippen LogP contribution in [-0.2, 0) is 9.59 Å². The number of rotatable bonds is 4. The van der Waals surface area contributed by atoms with E-state index in [0.29, 0.717) is 5.75 Å². The van der Waals surface area contributed by atoms with Crippen molar-refractivity contribution in [2.75, 3.05) is 16.0 Å². The molecule has 4 rings (SSSR count). The highest BCUT2D eigenvalue weighted by Crippen LogP contribution is 2.43. The summed E-state index contributed by atoms with van der Waals surface area (Å²) in [4.78, 5) is 27.1. The van der Waals surface area contributed by atoms with Crippen LogP contribution >= 0.6 is 11.8 Å². The molecule has 2 amide bonds. The SMILES string of the molecule is Cc1cccc(N2C(=O)CS[C@H]2c2ccc(NC(=O)C3CCCCC3)cc2)c1C. The maximum Gasteiger partial charge on any atom is 0.238 e. The molecule has 0 radical (unpaired) electrons. The number of nitrogens with one attached hydrogen (secondary N) is 1. The van der Waals surface area contributed by atoms with Gasteiger partial charge in [-0.3, -0.25) is 14.5 Å². The van der Waals surface area contributed by atoms with E-state index in [4.69, 9.17) is 0 Å². The fraction of sp³-hybridized carbons (Fsp3) is 0.417. The van der Waals surface area contributed by atoms with Crippen LogP contribution < -0.4 is 10.2 Å². The Kier molecular flexibility index (Phi) is 5.95. The Morgan fingerprint density at radius 1 is 1.03 bits per heavy atom. The number of aryl methyl sites for hydroxylation is 1. The van der Waals surface area contributed by atoms with Gasteiger partial charge in [-0.05, 0) is 61.6 Å². The van der Waals surface area contributed by atoms with Crippen molar-refractivity contribution in [3.05, 3.63) is 59.2 Å². The summed E-state index contributed by atoms with van der Waals surface area (Å²) < 4.78 is 0. The van der Waals surface area contributed by atoms with Crippen molar-refractivity contribution in [2.45, 2.75) is 51.3 Å². The Hall–Kier alpha value is -2.27. The van der Waals surface area contributed by atoms with Crippen LogP contribution in [0.2, 0.25) is 0 Å². The predicted octanol–water partition coefficient (Wildman–Crippen LogP) is 5.60. The standard InChI is InChI=1S/C24H28N2O2S/c1-16-7-6-10-21(17(16)2)26-22(27)15-29-24(26)19-11-13-20(14-12-19)25-23(28)18-8-4-3-5-9-18/h6-7,10-14,18,24H,3-5,8-9,15H2,1-2H3,(H,25,28)/t24-/m0/s1. The molecule has 2 aliphatic rings. The highest BCUT2D eigenvalue weighted by atomic mass is 32.2. The average Bonchev–Trinajstić information content (AvgIpc) is 3.12. The van der Waals surface area contributed by atoms with E-state index in [0.717, 1.165) is 48.2 Å². The lowest BCUT2D eigenvalue weighted by Gasteiger charge is -2.27.